The summed E-state index contributed by atoms with van der Waals surface area (Å²) in [5.74, 6) is 0.715. The summed E-state index contributed by atoms with van der Waals surface area (Å²) in [5, 5.41) is 21.9. The van der Waals surface area contributed by atoms with Crippen LogP contribution in [0, 0.1) is 13.8 Å². The van der Waals surface area contributed by atoms with Gasteiger partial charge in [0.05, 0.1) is 49.4 Å². The number of aryl methyl sites for hydroxylation is 6. The first-order valence-electron chi connectivity index (χ1n) is 21.5. The van der Waals surface area contributed by atoms with Crippen LogP contribution in [0.15, 0.2) is 42.7 Å². The smallest absolute Gasteiger partial charge is 0.276 e. The quantitative estimate of drug-likeness (QED) is 0.0824. The topological polar surface area (TPSA) is 245 Å². The molecule has 0 bridgehead atoms. The Morgan fingerprint density at radius 1 is 0.781 bits per heavy atom. The van der Waals surface area contributed by atoms with Crippen LogP contribution in [0.5, 0.6) is 11.5 Å². The van der Waals surface area contributed by atoms with E-state index in [1.807, 2.05) is 49.0 Å². The van der Waals surface area contributed by atoms with Crippen LogP contribution < -0.4 is 25.8 Å². The molecule has 5 aromatic heterocycles. The van der Waals surface area contributed by atoms with Crippen LogP contribution in [-0.2, 0) is 30.9 Å². The molecule has 0 unspecified atom stereocenters. The molecule has 0 aliphatic carbocycles. The second-order valence-corrected chi connectivity index (χ2v) is 15.5. The number of hydrogen-bond acceptors (Lipinski definition) is 13. The van der Waals surface area contributed by atoms with Crippen molar-refractivity contribution in [3.05, 3.63) is 71.1 Å². The normalized spacial score (nSPS) is 13.2. The lowest BCUT2D eigenvalue weighted by molar-refractivity contribution is 0.0358. The highest BCUT2D eigenvalue weighted by atomic mass is 16.5. The number of anilines is 2. The number of methoxy groups -OCH3 is 1. The number of aromatic amines is 1. The lowest BCUT2D eigenvalue weighted by Crippen LogP contribution is -2.37. The largest absolute Gasteiger partial charge is 0.494 e. The fourth-order valence-electron chi connectivity index (χ4n) is 8.08. The third-order valence-corrected chi connectivity index (χ3v) is 11.1. The van der Waals surface area contributed by atoms with E-state index >= 15 is 0 Å². The van der Waals surface area contributed by atoms with E-state index in [-0.39, 0.29) is 23.3 Å². The zero-order valence-electron chi connectivity index (χ0n) is 36.7. The van der Waals surface area contributed by atoms with Gasteiger partial charge in [-0.05, 0) is 83.4 Å². The Morgan fingerprint density at radius 2 is 1.38 bits per heavy atom. The molecule has 21 nitrogen and oxygen atoms in total. The van der Waals surface area contributed by atoms with Crippen molar-refractivity contribution in [3.8, 4) is 22.9 Å². The third kappa shape index (κ3) is 9.16. The first-order valence-corrected chi connectivity index (χ1v) is 21.5. The first kappa shape index (κ1) is 43.5. The summed E-state index contributed by atoms with van der Waals surface area (Å²) in [4.78, 5) is 56.7. The highest BCUT2D eigenvalue weighted by molar-refractivity contribution is 6.05. The second kappa shape index (κ2) is 19.1. The monoisotopic (exact) mass is 875 g/mol. The van der Waals surface area contributed by atoms with Crippen molar-refractivity contribution in [1.82, 2.24) is 58.7 Å². The number of nitrogens with zero attached hydrogens (tertiary/aromatic N) is 11. The van der Waals surface area contributed by atoms with Crippen LogP contribution in [-0.4, -0.2) is 123 Å². The number of amides is 3. The minimum absolute atomic E-state index is 0.233. The van der Waals surface area contributed by atoms with Gasteiger partial charge < -0.3 is 29.1 Å². The van der Waals surface area contributed by atoms with Crippen molar-refractivity contribution in [1.29, 1.82) is 0 Å². The number of ether oxygens (including phenoxy) is 3. The summed E-state index contributed by atoms with van der Waals surface area (Å²) in [7, 11) is 1.58. The number of nitrogens with two attached hydrogens (primary N) is 1. The van der Waals surface area contributed by atoms with Crippen molar-refractivity contribution in [2.24, 2.45) is 5.73 Å². The van der Waals surface area contributed by atoms with E-state index in [1.54, 1.807) is 40.7 Å². The van der Waals surface area contributed by atoms with Crippen LogP contribution in [0.3, 0.4) is 0 Å². The van der Waals surface area contributed by atoms with Gasteiger partial charge >= 0.3 is 0 Å². The number of fused-ring (bicyclic) bond motifs is 2. The van der Waals surface area contributed by atoms with Gasteiger partial charge in [0.25, 0.3) is 11.8 Å². The lowest BCUT2D eigenvalue weighted by Gasteiger charge is -2.26. The average molecular weight is 876 g/mol. The number of morpholine rings is 1. The Bertz CT molecular complexity index is 2790. The maximum atomic E-state index is 13.9. The number of aromatic nitrogens is 11. The maximum Gasteiger partial charge on any atom is 0.276 e. The fraction of sp³-hybridized carbons (Fsp3) is 0.419. The fourth-order valence-corrected chi connectivity index (χ4v) is 8.08. The number of rotatable bonds is 19. The van der Waals surface area contributed by atoms with Crippen LogP contribution in [0.2, 0.25) is 0 Å². The molecule has 1 aliphatic heterocycles. The van der Waals surface area contributed by atoms with Crippen molar-refractivity contribution >= 4 is 51.7 Å². The van der Waals surface area contributed by atoms with Crippen LogP contribution in [0.25, 0.3) is 33.5 Å². The number of nitrogens with one attached hydrogen (secondary N) is 3. The van der Waals surface area contributed by atoms with E-state index in [9.17, 15) is 14.4 Å². The molecule has 1 fully saturated rings. The molecule has 1 aliphatic rings. The maximum absolute atomic E-state index is 13.9. The van der Waals surface area contributed by atoms with Crippen LogP contribution >= 0.6 is 0 Å². The minimum Gasteiger partial charge on any atom is -0.494 e. The highest BCUT2D eigenvalue weighted by Gasteiger charge is 2.24. The summed E-state index contributed by atoms with van der Waals surface area (Å²) < 4.78 is 25.0. The molecule has 0 saturated carbocycles. The molecule has 2 aromatic carbocycles. The van der Waals surface area contributed by atoms with E-state index in [1.165, 1.54) is 6.33 Å². The Kier molecular flexibility index (Phi) is 13.0. The highest BCUT2D eigenvalue weighted by Crippen LogP contribution is 2.35. The minimum atomic E-state index is -0.629. The number of primary amides is 1. The molecule has 1 saturated heterocycles. The summed E-state index contributed by atoms with van der Waals surface area (Å²) in [6.45, 7) is 13.6. The zero-order valence-corrected chi connectivity index (χ0v) is 36.7. The number of imidazole rings is 2. The number of carbonyl (C=O) groups excluding carboxylic acids is 3. The molecular formula is C43H53N15O6. The van der Waals surface area contributed by atoms with E-state index in [2.05, 4.69) is 40.9 Å². The number of carbonyl (C=O) groups is 3. The summed E-state index contributed by atoms with van der Waals surface area (Å²) in [6.07, 6.45) is 3.32. The van der Waals surface area contributed by atoms with E-state index in [0.29, 0.717) is 127 Å². The molecule has 0 radical (unpaired) electrons. The Labute approximate surface area is 368 Å². The molecule has 7 aromatic rings. The zero-order chi connectivity index (χ0) is 44.9. The molecule has 0 atom stereocenters. The standard InChI is InChI=1S/C43H53N15O6/c1-6-57-32(19-26(3)52-57)40(60)49-42-48-31-22-29(39-45-25-46-51-39)24-34(62-5)36(31)55(42)12-8-9-13-56-37-30(47-43(56)50-41(61)33-20-27(4)53-58(33)7-2)21-28(38(44)59)23-35(37)64-16-10-11-54-14-17-63-18-15-54/h19-25H,6-18H2,1-5H3,(H2,44,59)(H,45,46,51)(H,47,50,61)(H,48,49,60). The molecule has 64 heavy (non-hydrogen) atoms. The van der Waals surface area contributed by atoms with Gasteiger partial charge in [-0.15, -0.1) is 0 Å². The lowest BCUT2D eigenvalue weighted by atomic mass is 10.1. The molecule has 6 heterocycles. The summed E-state index contributed by atoms with van der Waals surface area (Å²) in [5.41, 5.74) is 11.3. The summed E-state index contributed by atoms with van der Waals surface area (Å²) in [6, 6.07) is 10.4. The van der Waals surface area contributed by atoms with E-state index in [0.717, 1.165) is 31.7 Å². The van der Waals surface area contributed by atoms with Gasteiger partial charge in [-0.1, -0.05) is 0 Å². The van der Waals surface area contributed by atoms with Crippen LogP contribution in [0.1, 0.15) is 75.8 Å². The predicted molar refractivity (Wildman–Crippen MR) is 238 cm³/mol. The Hall–Kier alpha value is -7.13. The van der Waals surface area contributed by atoms with Crippen molar-refractivity contribution in [3.63, 3.8) is 0 Å². The molecule has 5 N–H and O–H groups in total. The molecule has 0 spiro atoms. The van der Waals surface area contributed by atoms with Gasteiger partial charge in [-0.2, -0.15) is 15.3 Å². The van der Waals surface area contributed by atoms with E-state index < -0.39 is 5.91 Å². The average Bonchev–Trinajstić information content (AvgIpc) is 4.14. The van der Waals surface area contributed by atoms with Gasteiger partial charge in [0.1, 0.15) is 40.2 Å². The van der Waals surface area contributed by atoms with Gasteiger partial charge in [0, 0.05) is 56.9 Å². The molecule has 3 amide bonds. The second-order valence-electron chi connectivity index (χ2n) is 15.5. The van der Waals surface area contributed by atoms with Gasteiger partial charge in [-0.3, -0.25) is 44.4 Å². The van der Waals surface area contributed by atoms with E-state index in [4.69, 9.17) is 29.9 Å². The number of H-pyrrole nitrogens is 1. The Morgan fingerprint density at radius 3 is 1.92 bits per heavy atom. The number of benzene rings is 2. The third-order valence-electron chi connectivity index (χ3n) is 11.1. The molecule has 8 rings (SSSR count). The number of unbranched alkanes of at least 4 members (excludes halogenated alkanes) is 1. The van der Waals surface area contributed by atoms with Gasteiger partial charge in [0.2, 0.25) is 17.8 Å². The van der Waals surface area contributed by atoms with Gasteiger partial charge in [-0.25, -0.2) is 15.0 Å². The SMILES string of the molecule is CCn1nc(C)cc1C(=O)Nc1nc2cc(-c3ncn[nH]3)cc(OC)c2n1CCCCn1c(NC(=O)c2cc(C)nn2CC)nc2cc(C(N)=O)cc(OCCCN3CCOCC3)c21. The van der Waals surface area contributed by atoms with Gasteiger partial charge in [0.15, 0.2) is 5.82 Å². The number of hydrogen-bond donors (Lipinski definition) is 4. The molecular weight excluding hydrogens is 823 g/mol. The van der Waals surface area contributed by atoms with Crippen molar-refractivity contribution in [2.75, 3.05) is 57.2 Å². The van der Waals surface area contributed by atoms with Crippen molar-refractivity contribution < 1.29 is 28.6 Å². The predicted octanol–water partition coefficient (Wildman–Crippen LogP) is 4.41. The molecule has 336 valence electrons. The van der Waals surface area contributed by atoms with Crippen molar-refractivity contribution in [2.45, 2.75) is 73.1 Å². The van der Waals surface area contributed by atoms with Crippen LogP contribution in [0.4, 0.5) is 11.9 Å². The first-order chi connectivity index (χ1) is 31.0. The molecule has 21 heteroatoms. The summed E-state index contributed by atoms with van der Waals surface area (Å²) >= 11 is 0. The Balaban J connectivity index is 1.12.